The number of rotatable bonds is 9. The van der Waals surface area contributed by atoms with Crippen LogP contribution in [0.5, 0.6) is 5.75 Å². The summed E-state index contributed by atoms with van der Waals surface area (Å²) in [6, 6.07) is 7.51. The van der Waals surface area contributed by atoms with Crippen molar-refractivity contribution in [2.24, 2.45) is 0 Å². The van der Waals surface area contributed by atoms with Crippen LogP contribution in [0.15, 0.2) is 24.3 Å². The number of carbonyl (C=O) groups is 2. The predicted molar refractivity (Wildman–Crippen MR) is 110 cm³/mol. The number of benzene rings is 1. The second-order valence-corrected chi connectivity index (χ2v) is 8.75. The van der Waals surface area contributed by atoms with E-state index < -0.39 is 11.2 Å². The van der Waals surface area contributed by atoms with E-state index in [4.69, 9.17) is 14.2 Å². The molecule has 158 valence electrons. The number of amides is 1. The van der Waals surface area contributed by atoms with Crippen LogP contribution in [0.4, 0.5) is 4.79 Å². The van der Waals surface area contributed by atoms with Gasteiger partial charge in [0.05, 0.1) is 13.0 Å². The van der Waals surface area contributed by atoms with Crippen LogP contribution >= 0.6 is 0 Å². The van der Waals surface area contributed by atoms with E-state index in [1.807, 2.05) is 65.8 Å². The molecule has 1 aromatic carbocycles. The van der Waals surface area contributed by atoms with Crippen molar-refractivity contribution in [3.05, 3.63) is 29.8 Å². The Bertz CT molecular complexity index is 629. The summed E-state index contributed by atoms with van der Waals surface area (Å²) in [5.41, 5.74) is -0.0900. The van der Waals surface area contributed by atoms with Crippen molar-refractivity contribution in [1.29, 1.82) is 0 Å². The normalized spacial score (nSPS) is 11.6. The average Bonchev–Trinajstić information content (AvgIpc) is 2.50. The first-order valence-corrected chi connectivity index (χ1v) is 9.85. The predicted octanol–water partition coefficient (Wildman–Crippen LogP) is 4.64. The molecule has 0 aromatic heterocycles. The summed E-state index contributed by atoms with van der Waals surface area (Å²) in [6.07, 6.45) is 2.52. The summed E-state index contributed by atoms with van der Waals surface area (Å²) in [4.78, 5) is 23.4. The zero-order valence-electron chi connectivity index (χ0n) is 18.1. The quantitative estimate of drug-likeness (QED) is 0.488. The molecule has 0 atom stereocenters. The molecule has 6 heteroatoms. The topological polar surface area (TPSA) is 73.9 Å². The van der Waals surface area contributed by atoms with Crippen molar-refractivity contribution in [3.63, 3.8) is 0 Å². The third-order valence-corrected chi connectivity index (χ3v) is 3.42. The fourth-order valence-electron chi connectivity index (χ4n) is 2.39. The molecule has 0 aliphatic carbocycles. The maximum Gasteiger partial charge on any atom is 0.407 e. The molecule has 0 saturated heterocycles. The number of nitrogens with one attached hydrogen (secondary N) is 1. The van der Waals surface area contributed by atoms with Crippen molar-refractivity contribution >= 4 is 12.1 Å². The molecule has 0 unspecified atom stereocenters. The van der Waals surface area contributed by atoms with E-state index in [1.54, 1.807) is 0 Å². The maximum absolute atomic E-state index is 11.9. The Morgan fingerprint density at radius 2 is 1.61 bits per heavy atom. The van der Waals surface area contributed by atoms with Crippen LogP contribution in [0, 0.1) is 0 Å². The Hall–Kier alpha value is -2.24. The molecule has 1 amide bonds. The molecular formula is C22H35NO5. The number of hydrogen-bond acceptors (Lipinski definition) is 5. The van der Waals surface area contributed by atoms with E-state index in [2.05, 4.69) is 5.32 Å². The third kappa shape index (κ3) is 12.2. The fraction of sp³-hybridized carbons (Fsp3) is 0.636. The first-order valence-electron chi connectivity index (χ1n) is 9.85. The van der Waals surface area contributed by atoms with Gasteiger partial charge in [0.2, 0.25) is 0 Å². The molecule has 0 aliphatic heterocycles. The molecule has 0 aliphatic rings. The SMILES string of the molecule is CC(C)(C)OC(=O)Cc1cccc(OCCCCCNC(=O)OC(C)(C)C)c1. The Kier molecular flexibility index (Phi) is 9.29. The van der Waals surface area contributed by atoms with E-state index in [-0.39, 0.29) is 18.5 Å². The van der Waals surface area contributed by atoms with E-state index in [0.717, 1.165) is 30.6 Å². The van der Waals surface area contributed by atoms with Crippen LogP contribution in [0.2, 0.25) is 0 Å². The lowest BCUT2D eigenvalue weighted by molar-refractivity contribution is -0.153. The number of carbonyl (C=O) groups excluding carboxylic acids is 2. The van der Waals surface area contributed by atoms with Crippen molar-refractivity contribution in [2.45, 2.75) is 78.4 Å². The lowest BCUT2D eigenvalue weighted by Crippen LogP contribution is -2.33. The Morgan fingerprint density at radius 3 is 2.25 bits per heavy atom. The molecule has 0 spiro atoms. The van der Waals surface area contributed by atoms with Gasteiger partial charge in [0, 0.05) is 6.54 Å². The summed E-state index contributed by atoms with van der Waals surface area (Å²) in [7, 11) is 0. The third-order valence-electron chi connectivity index (χ3n) is 3.42. The smallest absolute Gasteiger partial charge is 0.407 e. The van der Waals surface area contributed by atoms with Crippen LogP contribution in [0.3, 0.4) is 0 Å². The van der Waals surface area contributed by atoms with Gasteiger partial charge in [-0.2, -0.15) is 0 Å². The number of alkyl carbamates (subject to hydrolysis) is 1. The van der Waals surface area contributed by atoms with Crippen LogP contribution in [-0.4, -0.2) is 36.4 Å². The van der Waals surface area contributed by atoms with E-state index in [0.29, 0.717) is 13.2 Å². The Labute approximate surface area is 168 Å². The van der Waals surface area contributed by atoms with E-state index in [9.17, 15) is 9.59 Å². The van der Waals surface area contributed by atoms with Gasteiger partial charge in [-0.15, -0.1) is 0 Å². The summed E-state index contributed by atoms with van der Waals surface area (Å²) in [6.45, 7) is 12.3. The van der Waals surface area contributed by atoms with Gasteiger partial charge in [-0.25, -0.2) is 4.79 Å². The maximum atomic E-state index is 11.9. The minimum atomic E-state index is -0.483. The zero-order valence-corrected chi connectivity index (χ0v) is 18.1. The van der Waals surface area contributed by atoms with Crippen molar-refractivity contribution in [2.75, 3.05) is 13.2 Å². The Balaban J connectivity index is 2.22. The molecule has 1 rings (SSSR count). The monoisotopic (exact) mass is 393 g/mol. The first-order chi connectivity index (χ1) is 12.9. The fourth-order valence-corrected chi connectivity index (χ4v) is 2.39. The highest BCUT2D eigenvalue weighted by atomic mass is 16.6. The van der Waals surface area contributed by atoms with Gasteiger partial charge < -0.3 is 19.5 Å². The standard InChI is InChI=1S/C22H35NO5/c1-21(2,3)27-19(24)16-17-11-10-12-18(15-17)26-14-9-7-8-13-23-20(25)28-22(4,5)6/h10-12,15H,7-9,13-14,16H2,1-6H3,(H,23,25). The number of unbranched alkanes of at least 4 members (excludes halogenated alkanes) is 2. The van der Waals surface area contributed by atoms with Crippen LogP contribution in [-0.2, 0) is 20.7 Å². The lowest BCUT2D eigenvalue weighted by atomic mass is 10.1. The van der Waals surface area contributed by atoms with E-state index in [1.165, 1.54) is 0 Å². The Morgan fingerprint density at radius 1 is 0.929 bits per heavy atom. The summed E-state index contributed by atoms with van der Waals surface area (Å²) >= 11 is 0. The van der Waals surface area contributed by atoms with Gasteiger partial charge in [0.25, 0.3) is 0 Å². The van der Waals surface area contributed by atoms with Crippen LogP contribution < -0.4 is 10.1 Å². The summed E-state index contributed by atoms with van der Waals surface area (Å²) < 4.78 is 16.3. The van der Waals surface area contributed by atoms with Gasteiger partial charge in [0.1, 0.15) is 17.0 Å². The van der Waals surface area contributed by atoms with Gasteiger partial charge in [-0.3, -0.25) is 4.79 Å². The van der Waals surface area contributed by atoms with Crippen molar-refractivity contribution < 1.29 is 23.8 Å². The second kappa shape index (κ2) is 10.9. The number of hydrogen-bond donors (Lipinski definition) is 1. The van der Waals surface area contributed by atoms with Gasteiger partial charge in [0.15, 0.2) is 0 Å². The summed E-state index contributed by atoms with van der Waals surface area (Å²) in [5, 5.41) is 2.74. The minimum absolute atomic E-state index is 0.227. The van der Waals surface area contributed by atoms with Gasteiger partial charge in [-0.05, 0) is 78.5 Å². The largest absolute Gasteiger partial charge is 0.494 e. The highest BCUT2D eigenvalue weighted by Crippen LogP contribution is 2.16. The van der Waals surface area contributed by atoms with Gasteiger partial charge >= 0.3 is 12.1 Å². The molecule has 0 fully saturated rings. The first kappa shape index (κ1) is 23.8. The van der Waals surface area contributed by atoms with E-state index >= 15 is 0 Å². The highest BCUT2D eigenvalue weighted by Gasteiger charge is 2.17. The lowest BCUT2D eigenvalue weighted by Gasteiger charge is -2.19. The van der Waals surface area contributed by atoms with Gasteiger partial charge in [-0.1, -0.05) is 12.1 Å². The van der Waals surface area contributed by atoms with Crippen molar-refractivity contribution in [1.82, 2.24) is 5.32 Å². The number of esters is 1. The number of ether oxygens (including phenoxy) is 3. The molecule has 1 N–H and O–H groups in total. The second-order valence-electron chi connectivity index (χ2n) is 8.75. The molecule has 0 radical (unpaired) electrons. The molecule has 0 heterocycles. The molecule has 0 saturated carbocycles. The molecule has 6 nitrogen and oxygen atoms in total. The zero-order chi connectivity index (χ0) is 21.2. The minimum Gasteiger partial charge on any atom is -0.494 e. The molecular weight excluding hydrogens is 358 g/mol. The molecule has 1 aromatic rings. The average molecular weight is 394 g/mol. The van der Waals surface area contributed by atoms with Crippen LogP contribution in [0.1, 0.15) is 66.4 Å². The molecule has 28 heavy (non-hydrogen) atoms. The van der Waals surface area contributed by atoms with Crippen LogP contribution in [0.25, 0.3) is 0 Å². The van der Waals surface area contributed by atoms with Crippen molar-refractivity contribution in [3.8, 4) is 5.75 Å². The highest BCUT2D eigenvalue weighted by molar-refractivity contribution is 5.73. The molecule has 0 bridgehead atoms. The summed E-state index contributed by atoms with van der Waals surface area (Å²) in [5.74, 6) is 0.495.